The van der Waals surface area contributed by atoms with Crippen molar-refractivity contribution in [1.29, 1.82) is 0 Å². The fourth-order valence-electron chi connectivity index (χ4n) is 4.00. The zero-order valence-electron chi connectivity index (χ0n) is 16.1. The summed E-state index contributed by atoms with van der Waals surface area (Å²) < 4.78 is 2.18. The van der Waals surface area contributed by atoms with Crippen LogP contribution in [0.5, 0.6) is 0 Å². The first-order valence-electron chi connectivity index (χ1n) is 9.34. The molecule has 1 saturated carbocycles. The van der Waals surface area contributed by atoms with Crippen LogP contribution in [0.4, 0.5) is 4.79 Å². The molecule has 4 rings (SSSR count). The summed E-state index contributed by atoms with van der Waals surface area (Å²) in [7, 11) is 0. The maximum absolute atomic E-state index is 13.0. The molecule has 3 amide bonds. The van der Waals surface area contributed by atoms with E-state index in [0.29, 0.717) is 22.2 Å². The number of nitrogens with one attached hydrogen (secondary N) is 1. The van der Waals surface area contributed by atoms with Crippen LogP contribution in [0.15, 0.2) is 30.3 Å². The number of Topliss-reactive ketones (excluding diaryl/α,β-unsaturated/α-hetero) is 1. The average molecular weight is 400 g/mol. The van der Waals surface area contributed by atoms with Gasteiger partial charge < -0.3 is 9.88 Å². The molecule has 7 heteroatoms. The number of ketones is 1. The lowest BCUT2D eigenvalue weighted by Crippen LogP contribution is -2.41. The molecule has 6 nitrogen and oxygen atoms in total. The highest BCUT2D eigenvalue weighted by molar-refractivity contribution is 6.30. The molecule has 1 atom stereocenters. The molecule has 1 aliphatic heterocycles. The Bertz CT molecular complexity index is 991. The fraction of sp³-hybridized carbons (Fsp3) is 0.381. The molecule has 0 unspecified atom stereocenters. The number of hydrogen-bond acceptors (Lipinski definition) is 3. The lowest BCUT2D eigenvalue weighted by atomic mass is 9.92. The maximum Gasteiger partial charge on any atom is 0.325 e. The summed E-state index contributed by atoms with van der Waals surface area (Å²) in [5.74, 6) is -0.673. The third-order valence-corrected chi connectivity index (χ3v) is 5.95. The minimum absolute atomic E-state index is 0.233. The van der Waals surface area contributed by atoms with E-state index in [1.165, 1.54) is 0 Å². The van der Waals surface area contributed by atoms with Crippen LogP contribution >= 0.6 is 11.6 Å². The van der Waals surface area contributed by atoms with Gasteiger partial charge in [-0.3, -0.25) is 14.5 Å². The number of rotatable bonds is 5. The number of hydrogen-bond donors (Lipinski definition) is 1. The van der Waals surface area contributed by atoms with Crippen LogP contribution in [0.1, 0.15) is 53.1 Å². The zero-order valence-corrected chi connectivity index (χ0v) is 16.8. The van der Waals surface area contributed by atoms with E-state index in [0.717, 1.165) is 29.1 Å². The van der Waals surface area contributed by atoms with Gasteiger partial charge >= 0.3 is 6.03 Å². The molecule has 0 bridgehead atoms. The van der Waals surface area contributed by atoms with Crippen molar-refractivity contribution in [1.82, 2.24) is 14.8 Å². The molecule has 0 spiro atoms. The average Bonchev–Trinajstić information content (AvgIpc) is 3.39. The smallest absolute Gasteiger partial charge is 0.325 e. The molecule has 146 valence electrons. The molecule has 1 aromatic heterocycles. The minimum atomic E-state index is -1.22. The van der Waals surface area contributed by atoms with Gasteiger partial charge in [0.25, 0.3) is 5.91 Å². The van der Waals surface area contributed by atoms with E-state index < -0.39 is 17.5 Å². The van der Waals surface area contributed by atoms with Crippen LogP contribution in [0.3, 0.4) is 0 Å². The van der Waals surface area contributed by atoms with Gasteiger partial charge in [-0.2, -0.15) is 0 Å². The van der Waals surface area contributed by atoms with Gasteiger partial charge in [0.05, 0.1) is 6.54 Å². The van der Waals surface area contributed by atoms with Crippen molar-refractivity contribution in [3.8, 4) is 0 Å². The first-order chi connectivity index (χ1) is 13.2. The molecule has 0 radical (unpaired) electrons. The SMILES string of the molecule is Cc1cc(C(=O)CN2C(=O)N[C@@](C)(c3ccc(Cl)cc3)C2=O)c(C)n1C1CC1. The number of halogens is 1. The Morgan fingerprint density at radius 2 is 1.86 bits per heavy atom. The van der Waals surface area contributed by atoms with Gasteiger partial charge in [-0.25, -0.2) is 4.79 Å². The first kappa shape index (κ1) is 18.7. The minimum Gasteiger partial charge on any atom is -0.345 e. The van der Waals surface area contributed by atoms with Crippen LogP contribution in [-0.2, 0) is 10.3 Å². The van der Waals surface area contributed by atoms with E-state index in [2.05, 4.69) is 9.88 Å². The number of carbonyl (C=O) groups is 3. The summed E-state index contributed by atoms with van der Waals surface area (Å²) in [5.41, 5.74) is 1.92. The highest BCUT2D eigenvalue weighted by Gasteiger charge is 2.49. The maximum atomic E-state index is 13.0. The molecule has 2 heterocycles. The Morgan fingerprint density at radius 3 is 2.46 bits per heavy atom. The summed E-state index contributed by atoms with van der Waals surface area (Å²) in [4.78, 5) is 39.4. The van der Waals surface area contributed by atoms with Crippen molar-refractivity contribution in [3.63, 3.8) is 0 Å². The van der Waals surface area contributed by atoms with E-state index in [9.17, 15) is 14.4 Å². The lowest BCUT2D eigenvalue weighted by molar-refractivity contribution is -0.130. The van der Waals surface area contributed by atoms with Gasteiger partial charge in [-0.05, 0) is 57.4 Å². The first-order valence-corrected chi connectivity index (χ1v) is 9.72. The number of urea groups is 1. The van der Waals surface area contributed by atoms with E-state index in [1.807, 2.05) is 19.9 Å². The van der Waals surface area contributed by atoms with Crippen LogP contribution < -0.4 is 5.32 Å². The Kier molecular flexibility index (Phi) is 4.34. The summed E-state index contributed by atoms with van der Waals surface area (Å²) in [6.45, 7) is 5.26. The van der Waals surface area contributed by atoms with Gasteiger partial charge in [0, 0.05) is 28.0 Å². The standard InChI is InChI=1S/C21H22ClN3O3/c1-12-10-17(13(2)25(12)16-8-9-16)18(26)11-24-19(27)21(3,23-20(24)28)14-4-6-15(22)7-5-14/h4-7,10,16H,8-9,11H2,1-3H3,(H,23,28)/t21-/m0/s1. The topological polar surface area (TPSA) is 71.4 Å². The molecular formula is C21H22ClN3O3. The second-order valence-electron chi connectivity index (χ2n) is 7.76. The van der Waals surface area contributed by atoms with Crippen molar-refractivity contribution in [2.24, 2.45) is 0 Å². The third kappa shape index (κ3) is 2.92. The summed E-state index contributed by atoms with van der Waals surface area (Å²) in [6, 6.07) is 8.50. The molecular weight excluding hydrogens is 378 g/mol. The molecule has 2 aromatic rings. The van der Waals surface area contributed by atoms with E-state index in [4.69, 9.17) is 11.6 Å². The van der Waals surface area contributed by atoms with Gasteiger partial charge in [0.15, 0.2) is 5.78 Å². The van der Waals surface area contributed by atoms with Crippen molar-refractivity contribution >= 4 is 29.3 Å². The highest BCUT2D eigenvalue weighted by Crippen LogP contribution is 2.38. The van der Waals surface area contributed by atoms with E-state index in [-0.39, 0.29) is 12.3 Å². The largest absolute Gasteiger partial charge is 0.345 e. The van der Waals surface area contributed by atoms with Crippen molar-refractivity contribution in [2.75, 3.05) is 6.54 Å². The van der Waals surface area contributed by atoms with Gasteiger partial charge in [-0.1, -0.05) is 23.7 Å². The molecule has 28 heavy (non-hydrogen) atoms. The number of carbonyl (C=O) groups excluding carboxylic acids is 3. The molecule has 2 aliphatic rings. The molecule has 1 aromatic carbocycles. The fourth-order valence-corrected chi connectivity index (χ4v) is 4.13. The Hall–Kier alpha value is -2.60. The Morgan fingerprint density at radius 1 is 1.21 bits per heavy atom. The number of nitrogens with zero attached hydrogens (tertiary/aromatic N) is 2. The van der Waals surface area contributed by atoms with E-state index in [1.54, 1.807) is 31.2 Å². The predicted octanol–water partition coefficient (Wildman–Crippen LogP) is 3.74. The number of aromatic nitrogens is 1. The highest BCUT2D eigenvalue weighted by atomic mass is 35.5. The molecule has 1 aliphatic carbocycles. The number of benzene rings is 1. The van der Waals surface area contributed by atoms with Gasteiger partial charge in [0.1, 0.15) is 5.54 Å². The molecule has 2 fully saturated rings. The summed E-state index contributed by atoms with van der Waals surface area (Å²) in [6.07, 6.45) is 2.24. The molecule has 1 saturated heterocycles. The normalized spacial score (nSPS) is 21.9. The number of imide groups is 1. The van der Waals surface area contributed by atoms with E-state index >= 15 is 0 Å². The monoisotopic (exact) mass is 399 g/mol. The Labute approximate surface area is 168 Å². The number of amides is 3. The summed E-state index contributed by atoms with van der Waals surface area (Å²) in [5, 5.41) is 3.26. The van der Waals surface area contributed by atoms with Crippen molar-refractivity contribution in [3.05, 3.63) is 57.9 Å². The zero-order chi connectivity index (χ0) is 20.2. The quantitative estimate of drug-likeness (QED) is 0.615. The second kappa shape index (κ2) is 6.48. The van der Waals surface area contributed by atoms with Crippen LogP contribution in [0, 0.1) is 13.8 Å². The van der Waals surface area contributed by atoms with Crippen LogP contribution in [0.2, 0.25) is 5.02 Å². The van der Waals surface area contributed by atoms with Crippen LogP contribution in [-0.4, -0.2) is 33.7 Å². The third-order valence-electron chi connectivity index (χ3n) is 5.70. The van der Waals surface area contributed by atoms with Crippen molar-refractivity contribution < 1.29 is 14.4 Å². The number of aryl methyl sites for hydroxylation is 1. The van der Waals surface area contributed by atoms with Crippen molar-refractivity contribution in [2.45, 2.75) is 45.2 Å². The summed E-state index contributed by atoms with van der Waals surface area (Å²) >= 11 is 5.92. The second-order valence-corrected chi connectivity index (χ2v) is 8.20. The lowest BCUT2D eigenvalue weighted by Gasteiger charge is -2.22. The van der Waals surface area contributed by atoms with Gasteiger partial charge in [-0.15, -0.1) is 0 Å². The Balaban J connectivity index is 1.58. The van der Waals surface area contributed by atoms with Crippen LogP contribution in [0.25, 0.3) is 0 Å². The predicted molar refractivity (Wildman–Crippen MR) is 106 cm³/mol. The molecule has 1 N–H and O–H groups in total. The van der Waals surface area contributed by atoms with Gasteiger partial charge in [0.2, 0.25) is 0 Å².